The zero-order valence-electron chi connectivity index (χ0n) is 15.7. The summed E-state index contributed by atoms with van der Waals surface area (Å²) in [4.78, 5) is 16.8. The summed E-state index contributed by atoms with van der Waals surface area (Å²) in [5.74, 6) is -0.288. The van der Waals surface area contributed by atoms with Gasteiger partial charge in [0.15, 0.2) is 0 Å². The molecule has 2 amide bonds. The van der Waals surface area contributed by atoms with E-state index < -0.39 is 0 Å². The molecule has 7 heteroatoms. The van der Waals surface area contributed by atoms with Crippen LogP contribution in [0.25, 0.3) is 0 Å². The molecule has 0 saturated carbocycles. The van der Waals surface area contributed by atoms with Crippen LogP contribution in [0.2, 0.25) is 0 Å². The van der Waals surface area contributed by atoms with E-state index >= 15 is 0 Å². The fourth-order valence-electron chi connectivity index (χ4n) is 4.01. The minimum absolute atomic E-state index is 0.126. The minimum atomic E-state index is -0.288. The quantitative estimate of drug-likeness (QED) is 0.899. The Labute approximate surface area is 158 Å². The van der Waals surface area contributed by atoms with E-state index in [1.807, 2.05) is 17.8 Å². The van der Waals surface area contributed by atoms with Gasteiger partial charge in [-0.15, -0.1) is 0 Å². The lowest BCUT2D eigenvalue weighted by atomic mass is 10.1. The van der Waals surface area contributed by atoms with Gasteiger partial charge in [0.25, 0.3) is 0 Å². The zero-order valence-corrected chi connectivity index (χ0v) is 15.7. The molecule has 0 aliphatic carbocycles. The molecule has 0 spiro atoms. The molecule has 6 nitrogen and oxygen atoms in total. The number of urea groups is 1. The molecule has 2 aliphatic rings. The van der Waals surface area contributed by atoms with E-state index in [0.717, 1.165) is 36.6 Å². The molecule has 144 valence electrons. The summed E-state index contributed by atoms with van der Waals surface area (Å²) in [6.07, 6.45) is 3.82. The molecule has 3 heterocycles. The van der Waals surface area contributed by atoms with Crippen LogP contribution >= 0.6 is 0 Å². The van der Waals surface area contributed by atoms with Crippen molar-refractivity contribution in [2.75, 3.05) is 13.1 Å². The average molecular weight is 371 g/mol. The van der Waals surface area contributed by atoms with Gasteiger partial charge in [0.2, 0.25) is 0 Å². The van der Waals surface area contributed by atoms with E-state index in [0.29, 0.717) is 19.6 Å². The topological polar surface area (TPSA) is 53.4 Å². The summed E-state index contributed by atoms with van der Waals surface area (Å²) in [6, 6.07) is 6.18. The Morgan fingerprint density at radius 2 is 2.04 bits per heavy atom. The fourth-order valence-corrected chi connectivity index (χ4v) is 4.01. The third-order valence-electron chi connectivity index (χ3n) is 5.49. The second-order valence-electron chi connectivity index (χ2n) is 7.48. The Morgan fingerprint density at radius 3 is 2.81 bits per heavy atom. The Bertz CT molecular complexity index is 828. The third-order valence-corrected chi connectivity index (χ3v) is 5.49. The van der Waals surface area contributed by atoms with Crippen LogP contribution in [0.3, 0.4) is 0 Å². The van der Waals surface area contributed by atoms with Crippen molar-refractivity contribution in [3.8, 4) is 0 Å². The first-order chi connectivity index (χ1) is 13.1. The van der Waals surface area contributed by atoms with Gasteiger partial charge in [0.1, 0.15) is 5.82 Å². The van der Waals surface area contributed by atoms with Gasteiger partial charge in [-0.25, -0.2) is 9.18 Å². The predicted molar refractivity (Wildman–Crippen MR) is 100 cm³/mol. The summed E-state index contributed by atoms with van der Waals surface area (Å²) in [5, 5.41) is 7.59. The Morgan fingerprint density at radius 1 is 1.22 bits per heavy atom. The van der Waals surface area contributed by atoms with Crippen molar-refractivity contribution < 1.29 is 9.18 Å². The predicted octanol–water partition coefficient (Wildman–Crippen LogP) is 2.77. The highest BCUT2D eigenvalue weighted by Crippen LogP contribution is 2.27. The van der Waals surface area contributed by atoms with Crippen molar-refractivity contribution >= 4 is 6.03 Å². The molecule has 1 N–H and O–H groups in total. The molecule has 2 aromatic rings. The van der Waals surface area contributed by atoms with Crippen LogP contribution in [0.15, 0.2) is 24.3 Å². The van der Waals surface area contributed by atoms with Crippen LogP contribution in [-0.4, -0.2) is 38.7 Å². The number of carbonyl (C=O) groups is 1. The van der Waals surface area contributed by atoms with Crippen molar-refractivity contribution in [3.63, 3.8) is 0 Å². The van der Waals surface area contributed by atoms with Gasteiger partial charge in [-0.05, 0) is 43.6 Å². The molecule has 0 radical (unpaired) electrons. The van der Waals surface area contributed by atoms with Gasteiger partial charge in [0, 0.05) is 25.7 Å². The molecule has 4 rings (SSSR count). The van der Waals surface area contributed by atoms with Crippen molar-refractivity contribution in [1.29, 1.82) is 0 Å². The SMILES string of the molecule is Cn1nc(CN2CCCCC2)c2c1CN(C(=O)NCc1cccc(F)c1)C2. The first-order valence-electron chi connectivity index (χ1n) is 9.63. The summed E-state index contributed by atoms with van der Waals surface area (Å²) in [6.45, 7) is 4.59. The number of nitrogens with one attached hydrogen (secondary N) is 1. The van der Waals surface area contributed by atoms with Crippen LogP contribution in [0.5, 0.6) is 0 Å². The minimum Gasteiger partial charge on any atom is -0.334 e. The second-order valence-corrected chi connectivity index (χ2v) is 7.48. The maximum Gasteiger partial charge on any atom is 0.318 e. The summed E-state index contributed by atoms with van der Waals surface area (Å²) in [7, 11) is 1.95. The lowest BCUT2D eigenvalue weighted by Crippen LogP contribution is -2.36. The number of aromatic nitrogens is 2. The second kappa shape index (κ2) is 7.68. The van der Waals surface area contributed by atoms with Gasteiger partial charge in [-0.1, -0.05) is 18.6 Å². The molecule has 1 saturated heterocycles. The Kier molecular flexibility index (Phi) is 5.11. The lowest BCUT2D eigenvalue weighted by Gasteiger charge is -2.26. The maximum atomic E-state index is 13.3. The van der Waals surface area contributed by atoms with Crippen molar-refractivity contribution in [2.45, 2.75) is 45.4 Å². The standard InChI is InChI=1S/C20H26FN5O/c1-24-19-14-26(20(27)22-11-15-6-5-7-16(21)10-15)12-17(19)18(23-24)13-25-8-3-2-4-9-25/h5-7,10H,2-4,8-9,11-14H2,1H3,(H,22,27). The van der Waals surface area contributed by atoms with Crippen LogP contribution in [-0.2, 0) is 33.2 Å². The molecule has 1 fully saturated rings. The maximum absolute atomic E-state index is 13.3. The number of amides is 2. The number of benzene rings is 1. The van der Waals surface area contributed by atoms with Crippen LogP contribution < -0.4 is 5.32 Å². The first kappa shape index (κ1) is 18.0. The smallest absolute Gasteiger partial charge is 0.318 e. The summed E-state index contributed by atoms with van der Waals surface area (Å²) in [5.41, 5.74) is 4.15. The van der Waals surface area contributed by atoms with Gasteiger partial charge in [0.05, 0.1) is 24.5 Å². The number of hydrogen-bond acceptors (Lipinski definition) is 3. The van der Waals surface area contributed by atoms with E-state index in [-0.39, 0.29) is 11.8 Å². The number of halogens is 1. The number of nitrogens with zero attached hydrogens (tertiary/aromatic N) is 4. The molecule has 0 unspecified atom stereocenters. The highest BCUT2D eigenvalue weighted by atomic mass is 19.1. The molecule has 0 bridgehead atoms. The molecule has 0 atom stereocenters. The zero-order chi connectivity index (χ0) is 18.8. The van der Waals surface area contributed by atoms with Crippen molar-refractivity contribution in [3.05, 3.63) is 52.6 Å². The number of fused-ring (bicyclic) bond motifs is 1. The first-order valence-corrected chi connectivity index (χ1v) is 9.63. The highest BCUT2D eigenvalue weighted by Gasteiger charge is 2.30. The summed E-state index contributed by atoms with van der Waals surface area (Å²) >= 11 is 0. The molecule has 1 aromatic heterocycles. The molecule has 27 heavy (non-hydrogen) atoms. The Hall–Kier alpha value is -2.41. The number of piperidine rings is 1. The van der Waals surface area contributed by atoms with Crippen LogP contribution in [0.1, 0.15) is 41.8 Å². The van der Waals surface area contributed by atoms with Crippen molar-refractivity contribution in [1.82, 2.24) is 24.9 Å². The number of likely N-dealkylation sites (tertiary alicyclic amines) is 1. The lowest BCUT2D eigenvalue weighted by molar-refractivity contribution is 0.195. The molecular weight excluding hydrogens is 345 g/mol. The van der Waals surface area contributed by atoms with Crippen LogP contribution in [0.4, 0.5) is 9.18 Å². The molecule has 1 aromatic carbocycles. The van der Waals surface area contributed by atoms with Gasteiger partial charge < -0.3 is 10.2 Å². The van der Waals surface area contributed by atoms with Crippen LogP contribution in [0, 0.1) is 5.82 Å². The van der Waals surface area contributed by atoms with E-state index in [9.17, 15) is 9.18 Å². The van der Waals surface area contributed by atoms with E-state index in [1.165, 1.54) is 37.0 Å². The van der Waals surface area contributed by atoms with Gasteiger partial charge in [-0.3, -0.25) is 9.58 Å². The normalized spacial score (nSPS) is 17.2. The van der Waals surface area contributed by atoms with E-state index in [2.05, 4.69) is 10.2 Å². The Balaban J connectivity index is 1.38. The molecular formula is C20H26FN5O. The van der Waals surface area contributed by atoms with E-state index in [1.54, 1.807) is 11.0 Å². The summed E-state index contributed by atoms with van der Waals surface area (Å²) < 4.78 is 15.2. The largest absolute Gasteiger partial charge is 0.334 e. The van der Waals surface area contributed by atoms with Gasteiger partial charge >= 0.3 is 6.03 Å². The number of aryl methyl sites for hydroxylation is 1. The average Bonchev–Trinajstić information content (AvgIpc) is 3.22. The monoisotopic (exact) mass is 371 g/mol. The third kappa shape index (κ3) is 3.98. The fraction of sp³-hybridized carbons (Fsp3) is 0.500. The highest BCUT2D eigenvalue weighted by molar-refractivity contribution is 5.75. The van der Waals surface area contributed by atoms with Crippen molar-refractivity contribution in [2.24, 2.45) is 7.05 Å². The number of rotatable bonds is 4. The molecule has 2 aliphatic heterocycles. The van der Waals surface area contributed by atoms with E-state index in [4.69, 9.17) is 5.10 Å². The van der Waals surface area contributed by atoms with Gasteiger partial charge in [-0.2, -0.15) is 5.10 Å². The number of carbonyl (C=O) groups excluding carboxylic acids is 1. The number of hydrogen-bond donors (Lipinski definition) is 1.